The summed E-state index contributed by atoms with van der Waals surface area (Å²) in [4.78, 5) is 10.8. The summed E-state index contributed by atoms with van der Waals surface area (Å²) in [5.41, 5.74) is 0.294. The van der Waals surface area contributed by atoms with Gasteiger partial charge in [0.05, 0.1) is 12.7 Å². The van der Waals surface area contributed by atoms with E-state index in [9.17, 15) is 13.2 Å². The van der Waals surface area contributed by atoms with Crippen LogP contribution in [0.15, 0.2) is 23.0 Å². The molecule has 0 heterocycles. The molecule has 0 spiro atoms. The molecule has 0 saturated heterocycles. The van der Waals surface area contributed by atoms with Crippen LogP contribution in [0.1, 0.15) is 6.92 Å². The molecule has 1 N–H and O–H groups in total. The van der Waals surface area contributed by atoms with Crippen molar-refractivity contribution in [2.45, 2.75) is 13.0 Å². The van der Waals surface area contributed by atoms with E-state index in [1.54, 1.807) is 6.92 Å². The maximum absolute atomic E-state index is 11.2. The molecule has 1 unspecified atom stereocenters. The molecule has 17 heavy (non-hydrogen) atoms. The number of carboxylic acids is 1. The summed E-state index contributed by atoms with van der Waals surface area (Å²) >= 11 is 0. The lowest BCUT2D eigenvalue weighted by atomic mass is 9.95. The van der Waals surface area contributed by atoms with Gasteiger partial charge < -0.3 is 14.6 Å². The topological polar surface area (TPSA) is 89.9 Å². The molecule has 1 aliphatic rings. The minimum absolute atomic E-state index is 0.121. The number of aliphatic carboxylic acids is 1. The van der Waals surface area contributed by atoms with Gasteiger partial charge in [0.15, 0.2) is 0 Å². The van der Waals surface area contributed by atoms with Gasteiger partial charge >= 0.3 is 5.97 Å². The Hall–Kier alpha value is -1.60. The van der Waals surface area contributed by atoms with Crippen LogP contribution in [0, 0.1) is 0 Å². The van der Waals surface area contributed by atoms with Crippen LogP contribution in [0.2, 0.25) is 0 Å². The van der Waals surface area contributed by atoms with Crippen molar-refractivity contribution in [1.29, 1.82) is 0 Å². The second kappa shape index (κ2) is 5.15. The van der Waals surface area contributed by atoms with Crippen LogP contribution in [0.4, 0.5) is 0 Å². The minimum atomic E-state index is -2.62. The van der Waals surface area contributed by atoms with Crippen molar-refractivity contribution < 1.29 is 27.8 Å². The van der Waals surface area contributed by atoms with Crippen LogP contribution in [0.3, 0.4) is 0 Å². The van der Waals surface area contributed by atoms with E-state index in [2.05, 4.69) is 0 Å². The fraction of sp³-hybridized carbons (Fsp3) is 0.400. The van der Waals surface area contributed by atoms with Gasteiger partial charge in [-0.25, -0.2) is 4.79 Å². The van der Waals surface area contributed by atoms with Crippen molar-refractivity contribution in [2.75, 3.05) is 14.2 Å². The summed E-state index contributed by atoms with van der Waals surface area (Å²) in [7, 11) is -0.0594. The van der Waals surface area contributed by atoms with Gasteiger partial charge in [-0.1, -0.05) is 0 Å². The van der Waals surface area contributed by atoms with Crippen LogP contribution >= 0.6 is 0 Å². The molecule has 0 aliphatic heterocycles. The molecule has 0 radical (unpaired) electrons. The Morgan fingerprint density at radius 3 is 2.35 bits per heavy atom. The summed E-state index contributed by atoms with van der Waals surface area (Å²) in [6, 6.07) is 0. The molecule has 0 aromatic rings. The zero-order valence-electron chi connectivity index (χ0n) is 9.55. The van der Waals surface area contributed by atoms with E-state index in [-0.39, 0.29) is 16.2 Å². The third-order valence-electron chi connectivity index (χ3n) is 2.34. The predicted molar refractivity (Wildman–Crippen MR) is 60.2 cm³/mol. The van der Waals surface area contributed by atoms with Crippen molar-refractivity contribution in [3.05, 3.63) is 23.0 Å². The Labute approximate surface area is 99.7 Å². The van der Waals surface area contributed by atoms with Gasteiger partial charge in [0, 0.05) is 7.11 Å². The largest absolute Gasteiger partial charge is 0.495 e. The van der Waals surface area contributed by atoms with E-state index in [4.69, 9.17) is 14.6 Å². The number of hydrogen-bond acceptors (Lipinski definition) is 5. The number of methoxy groups -OCH3 is 2. The Bertz CT molecular complexity index is 529. The van der Waals surface area contributed by atoms with Crippen molar-refractivity contribution >= 4 is 21.1 Å². The van der Waals surface area contributed by atoms with Gasteiger partial charge in [-0.2, -0.15) is 8.42 Å². The first-order valence-corrected chi connectivity index (χ1v) is 5.70. The van der Waals surface area contributed by atoms with Gasteiger partial charge in [-0.05, 0) is 18.6 Å². The predicted octanol–water partition coefficient (Wildman–Crippen LogP) is -0.00210. The lowest BCUT2D eigenvalue weighted by Crippen LogP contribution is -2.34. The molecule has 7 heteroatoms. The molecule has 1 rings (SSSR count). The van der Waals surface area contributed by atoms with Crippen LogP contribution in [0.5, 0.6) is 0 Å². The minimum Gasteiger partial charge on any atom is -0.495 e. The maximum Gasteiger partial charge on any atom is 0.334 e. The molecular weight excluding hydrogens is 248 g/mol. The van der Waals surface area contributed by atoms with Crippen molar-refractivity contribution in [3.63, 3.8) is 0 Å². The Balaban J connectivity index is 3.57. The molecular formula is C10H12O6S. The average Bonchev–Trinajstić information content (AvgIpc) is 2.26. The van der Waals surface area contributed by atoms with Crippen molar-refractivity contribution in [2.24, 2.45) is 0 Å². The van der Waals surface area contributed by atoms with Gasteiger partial charge in [-0.15, -0.1) is 0 Å². The number of carbonyl (C=O) groups is 1. The lowest BCUT2D eigenvalue weighted by molar-refractivity contribution is -0.133. The van der Waals surface area contributed by atoms with E-state index in [0.29, 0.717) is 5.57 Å². The molecule has 0 fully saturated rings. The lowest BCUT2D eigenvalue weighted by Gasteiger charge is -2.23. The Kier molecular flexibility index (Phi) is 4.08. The highest BCUT2D eigenvalue weighted by molar-refractivity contribution is 7.73. The van der Waals surface area contributed by atoms with Crippen molar-refractivity contribution in [3.8, 4) is 0 Å². The number of rotatable bonds is 3. The highest BCUT2D eigenvalue weighted by Crippen LogP contribution is 2.24. The summed E-state index contributed by atoms with van der Waals surface area (Å²) in [5, 5.41) is 8.99. The van der Waals surface area contributed by atoms with E-state index in [1.807, 2.05) is 0 Å². The summed E-state index contributed by atoms with van der Waals surface area (Å²) in [6.45, 7) is 1.57. The smallest absolute Gasteiger partial charge is 0.334 e. The summed E-state index contributed by atoms with van der Waals surface area (Å²) in [5.74, 6) is -1.11. The molecule has 1 aliphatic carbocycles. The second-order valence-electron chi connectivity index (χ2n) is 3.34. The van der Waals surface area contributed by atoms with E-state index >= 15 is 0 Å². The van der Waals surface area contributed by atoms with Crippen molar-refractivity contribution in [1.82, 2.24) is 0 Å². The Morgan fingerprint density at radius 2 is 2.00 bits per heavy atom. The third kappa shape index (κ3) is 2.40. The Morgan fingerprint density at radius 1 is 1.41 bits per heavy atom. The van der Waals surface area contributed by atoms with Crippen LogP contribution < -0.4 is 0 Å². The number of allylic oxidation sites excluding steroid dienone is 2. The van der Waals surface area contributed by atoms with E-state index in [1.165, 1.54) is 20.3 Å². The van der Waals surface area contributed by atoms with Gasteiger partial charge in [-0.3, -0.25) is 0 Å². The summed E-state index contributed by atoms with van der Waals surface area (Å²) < 4.78 is 32.2. The average molecular weight is 260 g/mol. The van der Waals surface area contributed by atoms with Crippen LogP contribution in [-0.4, -0.2) is 44.7 Å². The van der Waals surface area contributed by atoms with Gasteiger partial charge in [0.25, 0.3) is 0 Å². The first-order chi connectivity index (χ1) is 7.93. The summed E-state index contributed by atoms with van der Waals surface area (Å²) in [6.07, 6.45) is 0.190. The quantitative estimate of drug-likeness (QED) is 0.718. The highest BCUT2D eigenvalue weighted by atomic mass is 32.2. The maximum atomic E-state index is 11.2. The monoisotopic (exact) mass is 260 g/mol. The fourth-order valence-electron chi connectivity index (χ4n) is 1.66. The van der Waals surface area contributed by atoms with Gasteiger partial charge in [0.1, 0.15) is 16.7 Å². The molecule has 0 bridgehead atoms. The molecule has 0 aromatic heterocycles. The van der Waals surface area contributed by atoms with Crippen LogP contribution in [0.25, 0.3) is 0 Å². The number of hydrogen-bond donors (Lipinski definition) is 1. The third-order valence-corrected chi connectivity index (χ3v) is 3.10. The second-order valence-corrected chi connectivity index (χ2v) is 4.25. The standard InChI is InChI=1S/C10H12O6S/c1-5-4-6(10(11)12)8(16-3)9(17(13)14)7(5)15-2/h4,8H,1-3H3,(H,11,12). The molecule has 0 saturated carbocycles. The highest BCUT2D eigenvalue weighted by Gasteiger charge is 2.34. The zero-order valence-corrected chi connectivity index (χ0v) is 10.4. The van der Waals surface area contributed by atoms with E-state index < -0.39 is 22.4 Å². The van der Waals surface area contributed by atoms with E-state index in [0.717, 1.165) is 0 Å². The first-order valence-electron chi connectivity index (χ1n) is 4.63. The number of carboxylic acid groups (broad SMARTS) is 1. The molecule has 6 nitrogen and oxygen atoms in total. The molecule has 1 atom stereocenters. The fourth-order valence-corrected chi connectivity index (χ4v) is 2.46. The number of ether oxygens (including phenoxy) is 2. The first kappa shape index (κ1) is 13.5. The molecule has 0 aromatic carbocycles. The normalized spacial score (nSPS) is 20.1. The molecule has 94 valence electrons. The zero-order chi connectivity index (χ0) is 13.2. The van der Waals surface area contributed by atoms with Gasteiger partial charge in [0.2, 0.25) is 10.3 Å². The molecule has 0 amide bonds. The van der Waals surface area contributed by atoms with Crippen LogP contribution in [-0.2, 0) is 24.6 Å². The SMILES string of the molecule is COC1=C(C)C=C(C(=O)O)C(OC)C1=S(=O)=O.